The number of nitrogens with two attached hydrogens (primary N) is 1. The molecular weight excluding hydrogens is 340 g/mol. The van der Waals surface area contributed by atoms with Crippen molar-refractivity contribution < 1.29 is 4.39 Å². The minimum atomic E-state index is -0.468. The molecule has 0 spiro atoms. The lowest BCUT2D eigenvalue weighted by atomic mass is 10.00. The average molecular weight is 349 g/mol. The Morgan fingerprint density at radius 3 is 2.50 bits per heavy atom. The van der Waals surface area contributed by atoms with E-state index < -0.39 is 6.04 Å². The molecule has 2 rings (SSSR count). The zero-order chi connectivity index (χ0) is 13.3. The Hall–Kier alpha value is -0.610. The molecule has 18 heavy (non-hydrogen) atoms. The second-order valence-corrected chi connectivity index (χ2v) is 5.40. The lowest BCUT2D eigenvalue weighted by Gasteiger charge is -2.15. The minimum absolute atomic E-state index is 0.344. The lowest BCUT2D eigenvalue weighted by molar-refractivity contribution is 0.616. The number of rotatable bonds is 2. The largest absolute Gasteiger partial charge is 0.320 e. The maximum absolute atomic E-state index is 13.4. The summed E-state index contributed by atoms with van der Waals surface area (Å²) in [5, 5.41) is 0.892. The molecule has 2 N–H and O–H groups in total. The van der Waals surface area contributed by atoms with E-state index in [1.54, 1.807) is 30.3 Å². The Labute approximate surface area is 123 Å². The molecular formula is C13H9BrCl2FN. The third kappa shape index (κ3) is 2.69. The van der Waals surface area contributed by atoms with Crippen LogP contribution in [0.4, 0.5) is 4.39 Å². The molecule has 0 aliphatic heterocycles. The molecule has 0 bridgehead atoms. The summed E-state index contributed by atoms with van der Waals surface area (Å²) in [5.41, 5.74) is 7.54. The van der Waals surface area contributed by atoms with Crippen molar-refractivity contribution in [2.45, 2.75) is 6.04 Å². The van der Waals surface area contributed by atoms with Crippen molar-refractivity contribution in [2.24, 2.45) is 5.73 Å². The number of benzene rings is 2. The van der Waals surface area contributed by atoms with Gasteiger partial charge in [0.1, 0.15) is 5.82 Å². The van der Waals surface area contributed by atoms with Crippen LogP contribution in [0, 0.1) is 5.82 Å². The fourth-order valence-electron chi connectivity index (χ4n) is 1.65. The first-order chi connectivity index (χ1) is 8.50. The van der Waals surface area contributed by atoms with Gasteiger partial charge in [-0.2, -0.15) is 0 Å². The highest BCUT2D eigenvalue weighted by Crippen LogP contribution is 2.31. The third-order valence-electron chi connectivity index (χ3n) is 2.62. The highest BCUT2D eigenvalue weighted by atomic mass is 79.9. The van der Waals surface area contributed by atoms with E-state index >= 15 is 0 Å². The van der Waals surface area contributed by atoms with Gasteiger partial charge in [0.05, 0.1) is 20.6 Å². The SMILES string of the molecule is NC(c1ccc(Cl)c(Cl)c1)c1cccc(F)c1Br. The highest BCUT2D eigenvalue weighted by Gasteiger charge is 2.15. The molecule has 5 heteroatoms. The maximum atomic E-state index is 13.4. The average Bonchev–Trinajstić information content (AvgIpc) is 2.35. The van der Waals surface area contributed by atoms with E-state index in [2.05, 4.69) is 15.9 Å². The summed E-state index contributed by atoms with van der Waals surface area (Å²) >= 11 is 15.0. The molecule has 1 nitrogen and oxygen atoms in total. The molecule has 2 aromatic carbocycles. The van der Waals surface area contributed by atoms with Gasteiger partial charge in [0.2, 0.25) is 0 Å². The summed E-state index contributed by atoms with van der Waals surface area (Å²) in [5.74, 6) is -0.344. The van der Waals surface area contributed by atoms with Crippen LogP contribution in [-0.4, -0.2) is 0 Å². The van der Waals surface area contributed by atoms with Crippen LogP contribution in [0.5, 0.6) is 0 Å². The van der Waals surface area contributed by atoms with E-state index in [-0.39, 0.29) is 5.82 Å². The summed E-state index contributed by atoms with van der Waals surface area (Å²) in [6.07, 6.45) is 0. The van der Waals surface area contributed by atoms with Gasteiger partial charge < -0.3 is 5.73 Å². The van der Waals surface area contributed by atoms with Crippen LogP contribution in [0.1, 0.15) is 17.2 Å². The second kappa shape index (κ2) is 5.57. The third-order valence-corrected chi connectivity index (χ3v) is 4.19. The van der Waals surface area contributed by atoms with Crippen molar-refractivity contribution in [3.05, 3.63) is 67.9 Å². The standard InChI is InChI=1S/C13H9BrCl2FN/c14-12-8(2-1-3-11(12)17)13(18)7-4-5-9(15)10(16)6-7/h1-6,13H,18H2. The molecule has 0 aromatic heterocycles. The van der Waals surface area contributed by atoms with Crippen LogP contribution in [0.15, 0.2) is 40.9 Å². The zero-order valence-corrected chi connectivity index (χ0v) is 12.2. The highest BCUT2D eigenvalue weighted by molar-refractivity contribution is 9.10. The quantitative estimate of drug-likeness (QED) is 0.816. The van der Waals surface area contributed by atoms with Crippen LogP contribution in [-0.2, 0) is 0 Å². The second-order valence-electron chi connectivity index (χ2n) is 3.79. The number of halogens is 4. The first-order valence-electron chi connectivity index (χ1n) is 5.15. The number of hydrogen-bond donors (Lipinski definition) is 1. The van der Waals surface area contributed by atoms with Gasteiger partial charge in [-0.3, -0.25) is 0 Å². The molecule has 0 radical (unpaired) electrons. The summed E-state index contributed by atoms with van der Waals surface area (Å²) in [4.78, 5) is 0. The van der Waals surface area contributed by atoms with E-state index in [9.17, 15) is 4.39 Å². The van der Waals surface area contributed by atoms with Crippen molar-refractivity contribution in [3.8, 4) is 0 Å². The molecule has 0 heterocycles. The van der Waals surface area contributed by atoms with E-state index in [0.717, 1.165) is 5.56 Å². The van der Waals surface area contributed by atoms with Crippen LogP contribution in [0.2, 0.25) is 10.0 Å². The molecule has 0 amide bonds. The Kier molecular flexibility index (Phi) is 4.28. The summed E-state index contributed by atoms with van der Waals surface area (Å²) in [6.45, 7) is 0. The van der Waals surface area contributed by atoms with E-state index in [1.165, 1.54) is 6.07 Å². The smallest absolute Gasteiger partial charge is 0.137 e. The Morgan fingerprint density at radius 2 is 1.83 bits per heavy atom. The molecule has 2 aromatic rings. The van der Waals surface area contributed by atoms with Crippen molar-refractivity contribution in [1.29, 1.82) is 0 Å². The van der Waals surface area contributed by atoms with E-state index in [0.29, 0.717) is 20.1 Å². The van der Waals surface area contributed by atoms with Gasteiger partial charge in [-0.15, -0.1) is 0 Å². The fraction of sp³-hybridized carbons (Fsp3) is 0.0769. The predicted octanol–water partition coefficient (Wildman–Crippen LogP) is 4.94. The normalized spacial score (nSPS) is 12.5. The Morgan fingerprint density at radius 1 is 1.11 bits per heavy atom. The van der Waals surface area contributed by atoms with Crippen LogP contribution in [0.25, 0.3) is 0 Å². The summed E-state index contributed by atoms with van der Waals surface area (Å²) < 4.78 is 13.8. The first-order valence-corrected chi connectivity index (χ1v) is 6.70. The van der Waals surface area contributed by atoms with Gasteiger partial charge >= 0.3 is 0 Å². The van der Waals surface area contributed by atoms with Crippen molar-refractivity contribution >= 4 is 39.1 Å². The molecule has 0 saturated heterocycles. The van der Waals surface area contributed by atoms with Gasteiger partial charge in [0.15, 0.2) is 0 Å². The molecule has 0 aliphatic rings. The molecule has 0 aliphatic carbocycles. The minimum Gasteiger partial charge on any atom is -0.320 e. The van der Waals surface area contributed by atoms with Gasteiger partial charge in [0.25, 0.3) is 0 Å². The lowest BCUT2D eigenvalue weighted by Crippen LogP contribution is -2.13. The van der Waals surface area contributed by atoms with Crippen LogP contribution >= 0.6 is 39.1 Å². The van der Waals surface area contributed by atoms with E-state index in [4.69, 9.17) is 28.9 Å². The zero-order valence-electron chi connectivity index (χ0n) is 9.13. The maximum Gasteiger partial charge on any atom is 0.137 e. The van der Waals surface area contributed by atoms with Gasteiger partial charge in [-0.05, 0) is 45.3 Å². The molecule has 0 saturated carbocycles. The van der Waals surface area contributed by atoms with Crippen molar-refractivity contribution in [2.75, 3.05) is 0 Å². The monoisotopic (exact) mass is 347 g/mol. The Bertz CT molecular complexity index is 589. The summed E-state index contributed by atoms with van der Waals surface area (Å²) in [7, 11) is 0. The van der Waals surface area contributed by atoms with Crippen molar-refractivity contribution in [1.82, 2.24) is 0 Å². The molecule has 0 fully saturated rings. The molecule has 1 unspecified atom stereocenters. The van der Waals surface area contributed by atoms with Crippen LogP contribution in [0.3, 0.4) is 0 Å². The van der Waals surface area contributed by atoms with Crippen molar-refractivity contribution in [3.63, 3.8) is 0 Å². The van der Waals surface area contributed by atoms with Crippen LogP contribution < -0.4 is 5.73 Å². The Balaban J connectivity index is 2.44. The van der Waals surface area contributed by atoms with Gasteiger partial charge in [0, 0.05) is 0 Å². The first kappa shape index (κ1) is 13.8. The molecule has 1 atom stereocenters. The predicted molar refractivity (Wildman–Crippen MR) is 76.6 cm³/mol. The topological polar surface area (TPSA) is 26.0 Å². The van der Waals surface area contributed by atoms with Gasteiger partial charge in [-0.1, -0.05) is 41.4 Å². The van der Waals surface area contributed by atoms with E-state index in [1.807, 2.05) is 0 Å². The number of hydrogen-bond acceptors (Lipinski definition) is 1. The van der Waals surface area contributed by atoms with Gasteiger partial charge in [-0.25, -0.2) is 4.39 Å². The molecule has 94 valence electrons. The fourth-order valence-corrected chi connectivity index (χ4v) is 2.46. The summed E-state index contributed by atoms with van der Waals surface area (Å²) in [6, 6.07) is 9.42.